The van der Waals surface area contributed by atoms with Gasteiger partial charge in [-0.25, -0.2) is 4.79 Å². The number of carbonyl (C=O) groups is 2. The maximum atomic E-state index is 12.5. The van der Waals surface area contributed by atoms with Crippen molar-refractivity contribution in [3.8, 4) is 0 Å². The quantitative estimate of drug-likeness (QED) is 0.880. The summed E-state index contributed by atoms with van der Waals surface area (Å²) in [7, 11) is 0. The van der Waals surface area contributed by atoms with E-state index in [0.717, 1.165) is 44.6 Å². The molecule has 134 valence electrons. The number of likely N-dealkylation sites (tertiary alicyclic amines) is 1. The summed E-state index contributed by atoms with van der Waals surface area (Å²) in [5.74, 6) is 0.00604. The molecule has 4 rings (SSSR count). The Bertz CT molecular complexity index is 684. The Labute approximate surface area is 151 Å². The number of aromatic nitrogens is 2. The van der Waals surface area contributed by atoms with Crippen LogP contribution in [-0.4, -0.2) is 57.8 Å². The lowest BCUT2D eigenvalue weighted by molar-refractivity contribution is -0.148. The highest BCUT2D eigenvalue weighted by molar-refractivity contribution is 6.29. The molecule has 8 heteroatoms. The molecule has 25 heavy (non-hydrogen) atoms. The second-order valence-corrected chi connectivity index (χ2v) is 7.89. The molecule has 1 amide bonds. The Kier molecular flexibility index (Phi) is 4.06. The zero-order valence-corrected chi connectivity index (χ0v) is 14.7. The van der Waals surface area contributed by atoms with Gasteiger partial charge in [0.15, 0.2) is 11.0 Å². The number of carbonyl (C=O) groups excluding carboxylic acids is 1. The third kappa shape index (κ3) is 3.17. The molecule has 1 aromatic heterocycles. The molecule has 1 aliphatic carbocycles. The Hall–Kier alpha value is -1.89. The molecule has 3 heterocycles. The predicted octanol–water partition coefficient (Wildman–Crippen LogP) is 1.81. The second-order valence-electron chi connectivity index (χ2n) is 7.50. The minimum Gasteiger partial charge on any atom is -0.480 e. The molecule has 3 aliphatic rings. The van der Waals surface area contributed by atoms with Gasteiger partial charge in [-0.2, -0.15) is 0 Å². The number of nitrogens with zero attached hydrogens (tertiary/aromatic N) is 4. The summed E-state index contributed by atoms with van der Waals surface area (Å²) in [6.07, 6.45) is 4.07. The van der Waals surface area contributed by atoms with Gasteiger partial charge in [-0.05, 0) is 49.7 Å². The Morgan fingerprint density at radius 1 is 1.20 bits per heavy atom. The van der Waals surface area contributed by atoms with E-state index in [0.29, 0.717) is 18.1 Å². The van der Waals surface area contributed by atoms with E-state index in [1.807, 2.05) is 6.07 Å². The zero-order valence-electron chi connectivity index (χ0n) is 13.9. The maximum Gasteiger partial charge on any atom is 0.326 e. The summed E-state index contributed by atoms with van der Waals surface area (Å²) in [4.78, 5) is 27.9. The van der Waals surface area contributed by atoms with Gasteiger partial charge in [0.2, 0.25) is 5.91 Å². The van der Waals surface area contributed by atoms with Gasteiger partial charge >= 0.3 is 5.97 Å². The summed E-state index contributed by atoms with van der Waals surface area (Å²) in [5, 5.41) is 17.9. The van der Waals surface area contributed by atoms with E-state index in [9.17, 15) is 14.7 Å². The van der Waals surface area contributed by atoms with Gasteiger partial charge in [0, 0.05) is 25.6 Å². The third-order valence-corrected chi connectivity index (χ3v) is 5.97. The lowest BCUT2D eigenvalue weighted by Crippen LogP contribution is -2.43. The smallest absolute Gasteiger partial charge is 0.326 e. The van der Waals surface area contributed by atoms with E-state index in [2.05, 4.69) is 15.1 Å². The molecule has 0 radical (unpaired) electrons. The molecule has 1 unspecified atom stereocenters. The number of halogens is 1. The first-order valence-electron chi connectivity index (χ1n) is 8.75. The number of hydrogen-bond acceptors (Lipinski definition) is 5. The minimum atomic E-state index is -0.878. The van der Waals surface area contributed by atoms with Crippen LogP contribution in [0.15, 0.2) is 12.1 Å². The lowest BCUT2D eigenvalue weighted by atomic mass is 9.76. The molecular weight excluding hydrogens is 344 g/mol. The van der Waals surface area contributed by atoms with Crippen LogP contribution >= 0.6 is 11.6 Å². The van der Waals surface area contributed by atoms with Crippen molar-refractivity contribution in [2.75, 3.05) is 24.5 Å². The SMILES string of the molecule is O=C(O)C1CC2(CCN(c3ccc(Cl)nn3)CC2)CN1C(=O)C1CC1. The van der Waals surface area contributed by atoms with Crippen LogP contribution in [0.1, 0.15) is 32.1 Å². The van der Waals surface area contributed by atoms with Crippen molar-refractivity contribution in [2.45, 2.75) is 38.1 Å². The van der Waals surface area contributed by atoms with Gasteiger partial charge in [-0.3, -0.25) is 4.79 Å². The van der Waals surface area contributed by atoms with Crippen molar-refractivity contribution < 1.29 is 14.7 Å². The van der Waals surface area contributed by atoms with Crippen molar-refractivity contribution in [2.24, 2.45) is 11.3 Å². The number of rotatable bonds is 3. The van der Waals surface area contributed by atoms with Gasteiger partial charge in [-0.1, -0.05) is 11.6 Å². The standard InChI is InChI=1S/C17H21ClN4O3/c18-13-3-4-14(20-19-13)21-7-5-17(6-8-21)9-12(16(24)25)22(10-17)15(23)11-1-2-11/h3-4,11-12H,1-2,5-10H2,(H,24,25). The van der Waals surface area contributed by atoms with Crippen molar-refractivity contribution in [1.82, 2.24) is 15.1 Å². The third-order valence-electron chi connectivity index (χ3n) is 5.77. The molecule has 2 saturated heterocycles. The van der Waals surface area contributed by atoms with Crippen molar-refractivity contribution >= 4 is 29.3 Å². The topological polar surface area (TPSA) is 86.6 Å². The van der Waals surface area contributed by atoms with E-state index in [1.165, 1.54) is 0 Å². The summed E-state index contributed by atoms with van der Waals surface area (Å²) < 4.78 is 0. The van der Waals surface area contributed by atoms with Gasteiger partial charge in [0.05, 0.1) is 0 Å². The van der Waals surface area contributed by atoms with Crippen molar-refractivity contribution in [1.29, 1.82) is 0 Å². The van der Waals surface area contributed by atoms with Crippen LogP contribution in [0.2, 0.25) is 5.15 Å². The zero-order chi connectivity index (χ0) is 17.6. The maximum absolute atomic E-state index is 12.5. The molecule has 0 bridgehead atoms. The fraction of sp³-hybridized carbons (Fsp3) is 0.647. The van der Waals surface area contributed by atoms with Crippen molar-refractivity contribution in [3.05, 3.63) is 17.3 Å². The fourth-order valence-electron chi connectivity index (χ4n) is 4.12. The average Bonchev–Trinajstić information content (AvgIpc) is 3.38. The number of carboxylic acids is 1. The van der Waals surface area contributed by atoms with E-state index in [-0.39, 0.29) is 17.2 Å². The molecule has 2 aliphatic heterocycles. The largest absolute Gasteiger partial charge is 0.480 e. The lowest BCUT2D eigenvalue weighted by Gasteiger charge is -2.39. The highest BCUT2D eigenvalue weighted by Crippen LogP contribution is 2.46. The van der Waals surface area contributed by atoms with Crippen LogP contribution < -0.4 is 4.90 Å². The molecule has 1 spiro atoms. The van der Waals surface area contributed by atoms with Crippen LogP contribution in [0.3, 0.4) is 0 Å². The molecule has 1 saturated carbocycles. The average molecular weight is 365 g/mol. The monoisotopic (exact) mass is 364 g/mol. The first kappa shape index (κ1) is 16.6. The Balaban J connectivity index is 1.45. The molecular formula is C17H21ClN4O3. The molecule has 1 aromatic rings. The predicted molar refractivity (Wildman–Crippen MR) is 91.4 cm³/mol. The van der Waals surface area contributed by atoms with E-state index < -0.39 is 12.0 Å². The summed E-state index contributed by atoms with van der Waals surface area (Å²) in [6, 6.07) is 2.90. The molecule has 1 N–H and O–H groups in total. The van der Waals surface area contributed by atoms with Crippen LogP contribution in [0, 0.1) is 11.3 Å². The van der Waals surface area contributed by atoms with Crippen LogP contribution in [0.25, 0.3) is 0 Å². The van der Waals surface area contributed by atoms with Crippen LogP contribution in [-0.2, 0) is 9.59 Å². The molecule has 0 aromatic carbocycles. The highest BCUT2D eigenvalue weighted by atomic mass is 35.5. The number of anilines is 1. The van der Waals surface area contributed by atoms with Gasteiger partial charge in [-0.15, -0.1) is 10.2 Å². The van der Waals surface area contributed by atoms with Crippen LogP contribution in [0.4, 0.5) is 5.82 Å². The molecule has 7 nitrogen and oxygen atoms in total. The molecule has 1 atom stereocenters. The Morgan fingerprint density at radius 3 is 2.48 bits per heavy atom. The first-order valence-corrected chi connectivity index (χ1v) is 9.13. The number of piperidine rings is 1. The Morgan fingerprint density at radius 2 is 1.92 bits per heavy atom. The van der Waals surface area contributed by atoms with E-state index in [4.69, 9.17) is 11.6 Å². The first-order chi connectivity index (χ1) is 12.0. The summed E-state index contributed by atoms with van der Waals surface area (Å²) in [5.41, 5.74) is -0.0933. The van der Waals surface area contributed by atoms with E-state index >= 15 is 0 Å². The van der Waals surface area contributed by atoms with Crippen LogP contribution in [0.5, 0.6) is 0 Å². The number of aliphatic carboxylic acids is 1. The minimum absolute atomic E-state index is 0.0373. The normalized spacial score (nSPS) is 25.4. The van der Waals surface area contributed by atoms with Gasteiger partial charge in [0.25, 0.3) is 0 Å². The van der Waals surface area contributed by atoms with Crippen molar-refractivity contribution in [3.63, 3.8) is 0 Å². The highest BCUT2D eigenvalue weighted by Gasteiger charge is 2.51. The molecule has 3 fully saturated rings. The summed E-state index contributed by atoms with van der Waals surface area (Å²) >= 11 is 5.79. The fourth-order valence-corrected chi connectivity index (χ4v) is 4.22. The number of carboxylic acid groups (broad SMARTS) is 1. The number of amides is 1. The van der Waals surface area contributed by atoms with Gasteiger partial charge in [0.1, 0.15) is 6.04 Å². The van der Waals surface area contributed by atoms with Gasteiger partial charge < -0.3 is 14.9 Å². The second kappa shape index (κ2) is 6.12. The summed E-state index contributed by atoms with van der Waals surface area (Å²) in [6.45, 7) is 2.14. The van der Waals surface area contributed by atoms with E-state index in [1.54, 1.807) is 11.0 Å². The number of hydrogen-bond donors (Lipinski definition) is 1.